The maximum Gasteiger partial charge on any atom is 0.169 e. The number of methoxy groups -OCH3 is 1. The molecule has 0 aliphatic carbocycles. The Bertz CT molecular complexity index is 1260. The summed E-state index contributed by atoms with van der Waals surface area (Å²) < 4.78 is 16.5. The van der Waals surface area contributed by atoms with Gasteiger partial charge in [0.1, 0.15) is 0 Å². The topological polar surface area (TPSA) is 126 Å². The number of rotatable bonds is 7. The molecule has 2 heterocycles. The van der Waals surface area contributed by atoms with Crippen molar-refractivity contribution in [2.24, 2.45) is 0 Å². The van der Waals surface area contributed by atoms with Gasteiger partial charge in [-0.2, -0.15) is 0 Å². The molecule has 2 aromatic heterocycles. The first-order valence-electron chi connectivity index (χ1n) is 11.2. The van der Waals surface area contributed by atoms with Crippen LogP contribution in [0.2, 0.25) is 0 Å². The van der Waals surface area contributed by atoms with E-state index in [2.05, 4.69) is 16.9 Å². The molecule has 0 bridgehead atoms. The fourth-order valence-electron chi connectivity index (χ4n) is 3.10. The average Bonchev–Trinajstić information content (AvgIpc) is 2.88. The fraction of sp³-hybridized carbons (Fsp3) is 0.185. The van der Waals surface area contributed by atoms with E-state index in [4.69, 9.17) is 25.7 Å². The highest BCUT2D eigenvalue weighted by Gasteiger charge is 2.09. The summed E-state index contributed by atoms with van der Waals surface area (Å²) in [7, 11) is 1.62. The van der Waals surface area contributed by atoms with E-state index in [9.17, 15) is 5.11 Å². The predicted molar refractivity (Wildman–Crippen MR) is 137 cm³/mol. The van der Waals surface area contributed by atoms with Gasteiger partial charge in [0.15, 0.2) is 46.1 Å². The van der Waals surface area contributed by atoms with Crippen molar-refractivity contribution in [3.8, 4) is 34.5 Å². The van der Waals surface area contributed by atoms with Crippen LogP contribution in [0, 0.1) is 0 Å². The number of hydrogen-bond acceptors (Lipinski definition) is 8. The van der Waals surface area contributed by atoms with Crippen molar-refractivity contribution >= 4 is 11.6 Å². The van der Waals surface area contributed by atoms with Gasteiger partial charge in [-0.15, -0.1) is 0 Å². The van der Waals surface area contributed by atoms with E-state index < -0.39 is 0 Å². The van der Waals surface area contributed by atoms with Gasteiger partial charge < -0.3 is 30.8 Å². The smallest absolute Gasteiger partial charge is 0.169 e. The molecule has 4 aromatic rings. The summed E-state index contributed by atoms with van der Waals surface area (Å²) in [6, 6.07) is 18.1. The second-order valence-electron chi connectivity index (χ2n) is 7.47. The number of aryl methyl sites for hydroxylation is 2. The third-order valence-corrected chi connectivity index (χ3v) is 5.11. The first-order valence-corrected chi connectivity index (χ1v) is 11.2. The molecule has 182 valence electrons. The van der Waals surface area contributed by atoms with E-state index >= 15 is 0 Å². The lowest BCUT2D eigenvalue weighted by atomic mass is 10.1. The standard InChI is InChI=1S/C14H16N2O2.C13H14N2O2/c1-3-10-6-7-11(13(9-10)17-2)18-12-5-4-8-16-14(12)15;1-2-9-5-6-11(10(16)8-9)17-12-4-3-7-15-13(12)14/h4-9H,3H2,1-2H3,(H2,15,16);3-8,16H,2H2,1H3,(H2,14,15). The second kappa shape index (κ2) is 12.1. The van der Waals surface area contributed by atoms with E-state index in [0.717, 1.165) is 18.4 Å². The minimum absolute atomic E-state index is 0.104. The lowest BCUT2D eigenvalue weighted by Gasteiger charge is -2.12. The number of pyridine rings is 2. The summed E-state index contributed by atoms with van der Waals surface area (Å²) in [5.41, 5.74) is 13.6. The van der Waals surface area contributed by atoms with E-state index in [1.54, 1.807) is 55.9 Å². The first-order chi connectivity index (χ1) is 16.9. The fourth-order valence-corrected chi connectivity index (χ4v) is 3.10. The van der Waals surface area contributed by atoms with Gasteiger partial charge in [-0.3, -0.25) is 0 Å². The molecule has 5 N–H and O–H groups in total. The number of nitrogens with two attached hydrogens (primary N) is 2. The van der Waals surface area contributed by atoms with Gasteiger partial charge in [0.05, 0.1) is 7.11 Å². The molecule has 8 nitrogen and oxygen atoms in total. The quantitative estimate of drug-likeness (QED) is 0.309. The van der Waals surface area contributed by atoms with E-state index in [1.165, 1.54) is 5.56 Å². The van der Waals surface area contributed by atoms with Gasteiger partial charge >= 0.3 is 0 Å². The Morgan fingerprint density at radius 1 is 0.686 bits per heavy atom. The molecule has 0 atom stereocenters. The number of benzene rings is 2. The van der Waals surface area contributed by atoms with Crippen molar-refractivity contribution in [1.29, 1.82) is 0 Å². The molecule has 8 heteroatoms. The third kappa shape index (κ3) is 6.77. The Labute approximate surface area is 205 Å². The van der Waals surface area contributed by atoms with Gasteiger partial charge in [-0.1, -0.05) is 26.0 Å². The summed E-state index contributed by atoms with van der Waals surface area (Å²) in [6.45, 7) is 4.11. The zero-order valence-corrected chi connectivity index (χ0v) is 20.1. The largest absolute Gasteiger partial charge is 0.504 e. The third-order valence-electron chi connectivity index (χ3n) is 5.11. The van der Waals surface area contributed by atoms with Gasteiger partial charge in [0.2, 0.25) is 0 Å². The zero-order valence-electron chi connectivity index (χ0n) is 20.1. The van der Waals surface area contributed by atoms with Crippen molar-refractivity contribution in [3.05, 3.63) is 84.2 Å². The van der Waals surface area contributed by atoms with Crippen LogP contribution in [-0.2, 0) is 12.8 Å². The maximum atomic E-state index is 9.79. The molecule has 0 amide bonds. The van der Waals surface area contributed by atoms with Crippen molar-refractivity contribution < 1.29 is 19.3 Å². The number of nitrogens with zero attached hydrogens (tertiary/aromatic N) is 2. The molecule has 0 fully saturated rings. The number of phenolic OH excluding ortho intramolecular Hbond substituents is 1. The summed E-state index contributed by atoms with van der Waals surface area (Å²) in [4.78, 5) is 7.89. The highest BCUT2D eigenvalue weighted by atomic mass is 16.5. The Hall–Kier alpha value is -4.46. The monoisotopic (exact) mass is 474 g/mol. The molecule has 0 saturated carbocycles. The van der Waals surface area contributed by atoms with E-state index in [1.807, 2.05) is 31.2 Å². The summed E-state index contributed by atoms with van der Waals surface area (Å²) in [5.74, 6) is 3.43. The summed E-state index contributed by atoms with van der Waals surface area (Å²) >= 11 is 0. The molecule has 0 aliphatic rings. The number of aromatic hydroxyl groups is 1. The zero-order chi connectivity index (χ0) is 25.2. The minimum Gasteiger partial charge on any atom is -0.504 e. The number of hydrogen-bond donors (Lipinski definition) is 3. The number of anilines is 2. The van der Waals surface area contributed by atoms with Gasteiger partial charge in [-0.25, -0.2) is 9.97 Å². The van der Waals surface area contributed by atoms with Crippen LogP contribution in [0.25, 0.3) is 0 Å². The molecule has 0 aliphatic heterocycles. The SMILES string of the molecule is CCc1ccc(Oc2cccnc2N)c(O)c1.CCc1ccc(Oc2cccnc2N)c(OC)c1. The highest BCUT2D eigenvalue weighted by molar-refractivity contribution is 5.52. The van der Waals surface area contributed by atoms with Gasteiger partial charge in [0, 0.05) is 12.4 Å². The highest BCUT2D eigenvalue weighted by Crippen LogP contribution is 2.34. The molecule has 0 saturated heterocycles. The second-order valence-corrected chi connectivity index (χ2v) is 7.47. The van der Waals surface area contributed by atoms with Crippen LogP contribution in [0.4, 0.5) is 11.6 Å². The minimum atomic E-state index is 0.104. The molecular weight excluding hydrogens is 444 g/mol. The number of aromatic nitrogens is 2. The predicted octanol–water partition coefficient (Wildman–Crippen LogP) is 5.75. The van der Waals surface area contributed by atoms with Crippen molar-refractivity contribution in [1.82, 2.24) is 9.97 Å². The van der Waals surface area contributed by atoms with Gasteiger partial charge in [-0.05, 0) is 72.5 Å². The lowest BCUT2D eigenvalue weighted by Crippen LogP contribution is -1.96. The molecule has 0 unspecified atom stereocenters. The molecule has 4 rings (SSSR count). The molecular formula is C27H30N4O4. The van der Waals surface area contributed by atoms with Crippen LogP contribution in [0.3, 0.4) is 0 Å². The van der Waals surface area contributed by atoms with Crippen LogP contribution in [0.1, 0.15) is 25.0 Å². The van der Waals surface area contributed by atoms with Crippen LogP contribution in [0.5, 0.6) is 34.5 Å². The average molecular weight is 475 g/mol. The van der Waals surface area contributed by atoms with E-state index in [-0.39, 0.29) is 5.75 Å². The van der Waals surface area contributed by atoms with Crippen LogP contribution in [0.15, 0.2) is 73.1 Å². The maximum absolute atomic E-state index is 9.79. The van der Waals surface area contributed by atoms with Crippen LogP contribution < -0.4 is 25.7 Å². The normalized spacial score (nSPS) is 10.1. The Morgan fingerprint density at radius 3 is 1.69 bits per heavy atom. The Balaban J connectivity index is 0.000000196. The number of nitrogen functional groups attached to an aromatic ring is 2. The van der Waals surface area contributed by atoms with E-state index in [0.29, 0.717) is 40.4 Å². The number of phenols is 1. The molecule has 2 aromatic carbocycles. The van der Waals surface area contributed by atoms with Crippen LogP contribution in [-0.4, -0.2) is 22.2 Å². The molecule has 0 spiro atoms. The van der Waals surface area contributed by atoms with Crippen LogP contribution >= 0.6 is 0 Å². The Morgan fingerprint density at radius 2 is 1.20 bits per heavy atom. The van der Waals surface area contributed by atoms with Crippen molar-refractivity contribution in [2.45, 2.75) is 26.7 Å². The summed E-state index contributed by atoms with van der Waals surface area (Å²) in [6.07, 6.45) is 5.02. The van der Waals surface area contributed by atoms with Crippen molar-refractivity contribution in [2.75, 3.05) is 18.6 Å². The molecule has 35 heavy (non-hydrogen) atoms. The number of ether oxygens (including phenoxy) is 3. The first kappa shape index (κ1) is 25.2. The Kier molecular flexibility index (Phi) is 8.72. The lowest BCUT2D eigenvalue weighted by molar-refractivity contribution is 0.378. The van der Waals surface area contributed by atoms with Gasteiger partial charge in [0.25, 0.3) is 0 Å². The summed E-state index contributed by atoms with van der Waals surface area (Å²) in [5, 5.41) is 9.79. The molecule has 0 radical (unpaired) electrons. The van der Waals surface area contributed by atoms with Crippen molar-refractivity contribution in [3.63, 3.8) is 0 Å².